The highest BCUT2D eigenvalue weighted by Gasteiger charge is 2.44. The number of methoxy groups -OCH3 is 1. The van der Waals surface area contributed by atoms with Gasteiger partial charge in [0.05, 0.1) is 12.5 Å². The molecule has 1 aromatic carbocycles. The van der Waals surface area contributed by atoms with Crippen LogP contribution in [0.25, 0.3) is 0 Å². The van der Waals surface area contributed by atoms with E-state index >= 15 is 0 Å². The first kappa shape index (κ1) is 17.3. The molecule has 2 atom stereocenters. The number of benzene rings is 1. The summed E-state index contributed by atoms with van der Waals surface area (Å²) in [5.74, 6) is 1.60. The van der Waals surface area contributed by atoms with Crippen LogP contribution in [0.1, 0.15) is 50.2 Å². The molecule has 2 unspecified atom stereocenters. The van der Waals surface area contributed by atoms with E-state index in [1.165, 1.54) is 0 Å². The topological polar surface area (TPSA) is 50.4 Å². The zero-order valence-electron chi connectivity index (χ0n) is 15.2. The summed E-state index contributed by atoms with van der Waals surface area (Å²) in [5, 5.41) is 6.76. The minimum Gasteiger partial charge on any atom is -0.496 e. The van der Waals surface area contributed by atoms with Gasteiger partial charge in [-0.3, -0.25) is 4.79 Å². The molecule has 0 spiro atoms. The maximum atomic E-state index is 13.3. The molecule has 0 bridgehead atoms. The van der Waals surface area contributed by atoms with Crippen molar-refractivity contribution in [2.24, 2.45) is 5.92 Å². The molecule has 1 aromatic rings. The number of hydrogen-bond donors (Lipinski definition) is 2. The minimum absolute atomic E-state index is 0.200. The lowest BCUT2D eigenvalue weighted by Gasteiger charge is -2.35. The van der Waals surface area contributed by atoms with Gasteiger partial charge in [0.15, 0.2) is 0 Å². The van der Waals surface area contributed by atoms with Crippen LogP contribution in [-0.4, -0.2) is 32.1 Å². The van der Waals surface area contributed by atoms with E-state index in [1.807, 2.05) is 6.92 Å². The van der Waals surface area contributed by atoms with Gasteiger partial charge in [-0.05, 0) is 55.8 Å². The number of carbonyl (C=O) groups is 1. The average Bonchev–Trinajstić information content (AvgIpc) is 3.08. The van der Waals surface area contributed by atoms with Crippen molar-refractivity contribution in [2.45, 2.75) is 57.4 Å². The van der Waals surface area contributed by atoms with Gasteiger partial charge in [0.2, 0.25) is 5.91 Å². The monoisotopic (exact) mass is 330 g/mol. The molecule has 3 rings (SSSR count). The Kier molecular flexibility index (Phi) is 5.14. The molecule has 2 fully saturated rings. The Balaban J connectivity index is 1.86. The Labute approximate surface area is 145 Å². The van der Waals surface area contributed by atoms with Gasteiger partial charge in [0.25, 0.3) is 0 Å². The number of nitrogens with one attached hydrogen (secondary N) is 2. The number of ether oxygens (including phenoxy) is 1. The zero-order valence-corrected chi connectivity index (χ0v) is 15.2. The summed E-state index contributed by atoms with van der Waals surface area (Å²) in [6.07, 6.45) is 5.21. The molecular formula is C20H30N2O2. The summed E-state index contributed by atoms with van der Waals surface area (Å²) < 4.78 is 5.50. The van der Waals surface area contributed by atoms with Crippen molar-refractivity contribution in [3.05, 3.63) is 29.3 Å². The van der Waals surface area contributed by atoms with Gasteiger partial charge in [0.1, 0.15) is 5.75 Å². The van der Waals surface area contributed by atoms with Crippen LogP contribution >= 0.6 is 0 Å². The van der Waals surface area contributed by atoms with E-state index in [0.717, 1.165) is 62.1 Å². The quantitative estimate of drug-likeness (QED) is 0.892. The van der Waals surface area contributed by atoms with Gasteiger partial charge in [-0.25, -0.2) is 0 Å². The van der Waals surface area contributed by atoms with Crippen molar-refractivity contribution in [1.29, 1.82) is 0 Å². The normalized spacial score (nSPS) is 26.1. The highest BCUT2D eigenvalue weighted by atomic mass is 16.5. The predicted molar refractivity (Wildman–Crippen MR) is 96.5 cm³/mol. The minimum atomic E-state index is -0.391. The van der Waals surface area contributed by atoms with E-state index in [0.29, 0.717) is 5.92 Å². The third-order valence-electron chi connectivity index (χ3n) is 6.00. The molecule has 24 heavy (non-hydrogen) atoms. The SMILES string of the molecule is COc1cc(C2(C(=O)NC3CNCCC3C)CCCC2)ccc1C. The third kappa shape index (κ3) is 3.16. The standard InChI is InChI=1S/C20H30N2O2/c1-14-8-11-21-13-17(14)22-19(23)20(9-4-5-10-20)16-7-6-15(2)18(12-16)24-3/h6-7,12,14,17,21H,4-5,8-11,13H2,1-3H3,(H,22,23). The molecule has 0 radical (unpaired) electrons. The van der Waals surface area contributed by atoms with Crippen molar-refractivity contribution in [2.75, 3.05) is 20.2 Å². The van der Waals surface area contributed by atoms with E-state index in [-0.39, 0.29) is 11.9 Å². The smallest absolute Gasteiger partial charge is 0.230 e. The summed E-state index contributed by atoms with van der Waals surface area (Å²) in [6.45, 7) is 6.20. The number of carbonyl (C=O) groups excluding carboxylic acids is 1. The fourth-order valence-corrected chi connectivity index (χ4v) is 4.23. The Morgan fingerprint density at radius 1 is 1.33 bits per heavy atom. The molecule has 1 aliphatic carbocycles. The Morgan fingerprint density at radius 3 is 2.75 bits per heavy atom. The molecule has 0 aromatic heterocycles. The highest BCUT2D eigenvalue weighted by Crippen LogP contribution is 2.43. The van der Waals surface area contributed by atoms with Crippen LogP contribution in [0.15, 0.2) is 18.2 Å². The molecule has 1 amide bonds. The molecule has 4 nitrogen and oxygen atoms in total. The lowest BCUT2D eigenvalue weighted by atomic mass is 9.77. The summed E-state index contributed by atoms with van der Waals surface area (Å²) in [5.41, 5.74) is 1.83. The zero-order chi connectivity index (χ0) is 17.2. The van der Waals surface area contributed by atoms with Crippen LogP contribution in [0.4, 0.5) is 0 Å². The number of aryl methyl sites for hydroxylation is 1. The van der Waals surface area contributed by atoms with E-state index in [2.05, 4.69) is 35.8 Å². The van der Waals surface area contributed by atoms with E-state index in [4.69, 9.17) is 4.74 Å². The molecule has 132 valence electrons. The first-order chi connectivity index (χ1) is 11.6. The Hall–Kier alpha value is -1.55. The lowest BCUT2D eigenvalue weighted by Crippen LogP contribution is -2.54. The van der Waals surface area contributed by atoms with Crippen LogP contribution in [0, 0.1) is 12.8 Å². The molecule has 1 heterocycles. The number of piperidine rings is 1. The fourth-order valence-electron chi connectivity index (χ4n) is 4.23. The number of rotatable bonds is 4. The molecule has 2 N–H and O–H groups in total. The Bertz CT molecular complexity index is 593. The summed E-state index contributed by atoms with van der Waals surface area (Å²) >= 11 is 0. The van der Waals surface area contributed by atoms with E-state index < -0.39 is 5.41 Å². The van der Waals surface area contributed by atoms with Crippen LogP contribution in [0.5, 0.6) is 5.75 Å². The molecular weight excluding hydrogens is 300 g/mol. The predicted octanol–water partition coefficient (Wildman–Crippen LogP) is 2.93. The van der Waals surface area contributed by atoms with Crippen LogP contribution in [-0.2, 0) is 10.2 Å². The third-order valence-corrected chi connectivity index (χ3v) is 6.00. The van der Waals surface area contributed by atoms with Crippen molar-refractivity contribution >= 4 is 5.91 Å². The fraction of sp³-hybridized carbons (Fsp3) is 0.650. The molecule has 1 saturated heterocycles. The van der Waals surface area contributed by atoms with Crippen LogP contribution < -0.4 is 15.4 Å². The first-order valence-corrected chi connectivity index (χ1v) is 9.23. The van der Waals surface area contributed by atoms with Gasteiger partial charge in [-0.15, -0.1) is 0 Å². The number of amides is 1. The van der Waals surface area contributed by atoms with Crippen molar-refractivity contribution in [3.8, 4) is 5.75 Å². The van der Waals surface area contributed by atoms with Gasteiger partial charge in [-0.1, -0.05) is 31.9 Å². The second-order valence-corrected chi connectivity index (χ2v) is 7.52. The lowest BCUT2D eigenvalue weighted by molar-refractivity contribution is -0.127. The molecule has 1 aliphatic heterocycles. The summed E-state index contributed by atoms with van der Waals surface area (Å²) in [6, 6.07) is 6.50. The first-order valence-electron chi connectivity index (χ1n) is 9.23. The second-order valence-electron chi connectivity index (χ2n) is 7.52. The van der Waals surface area contributed by atoms with Crippen molar-refractivity contribution in [1.82, 2.24) is 10.6 Å². The van der Waals surface area contributed by atoms with Crippen LogP contribution in [0.2, 0.25) is 0 Å². The average molecular weight is 330 g/mol. The van der Waals surface area contributed by atoms with Gasteiger partial charge in [0, 0.05) is 12.6 Å². The Morgan fingerprint density at radius 2 is 2.08 bits per heavy atom. The summed E-state index contributed by atoms with van der Waals surface area (Å²) in [7, 11) is 1.70. The second kappa shape index (κ2) is 7.14. The number of hydrogen-bond acceptors (Lipinski definition) is 3. The summed E-state index contributed by atoms with van der Waals surface area (Å²) in [4.78, 5) is 13.3. The van der Waals surface area contributed by atoms with E-state index in [1.54, 1.807) is 7.11 Å². The molecule has 4 heteroatoms. The van der Waals surface area contributed by atoms with Gasteiger partial charge in [-0.2, -0.15) is 0 Å². The highest BCUT2D eigenvalue weighted by molar-refractivity contribution is 5.89. The largest absolute Gasteiger partial charge is 0.496 e. The van der Waals surface area contributed by atoms with Crippen molar-refractivity contribution in [3.63, 3.8) is 0 Å². The van der Waals surface area contributed by atoms with Crippen molar-refractivity contribution < 1.29 is 9.53 Å². The maximum Gasteiger partial charge on any atom is 0.230 e. The van der Waals surface area contributed by atoms with E-state index in [9.17, 15) is 4.79 Å². The van der Waals surface area contributed by atoms with Gasteiger partial charge >= 0.3 is 0 Å². The van der Waals surface area contributed by atoms with Gasteiger partial charge < -0.3 is 15.4 Å². The maximum absolute atomic E-state index is 13.3. The molecule has 1 saturated carbocycles. The molecule has 2 aliphatic rings. The van der Waals surface area contributed by atoms with Crippen LogP contribution in [0.3, 0.4) is 0 Å².